The number of carbonyl (C=O) groups is 1. The van der Waals surface area contributed by atoms with Crippen LogP contribution in [0, 0.1) is 5.82 Å². The van der Waals surface area contributed by atoms with Gasteiger partial charge in [0, 0.05) is 29.6 Å². The minimum atomic E-state index is -3.47. The Bertz CT molecular complexity index is 1060. The van der Waals surface area contributed by atoms with E-state index in [4.69, 9.17) is 14.6 Å². The first-order chi connectivity index (χ1) is 15.3. The van der Waals surface area contributed by atoms with Crippen LogP contribution in [-0.4, -0.2) is 40.5 Å². The van der Waals surface area contributed by atoms with Crippen LogP contribution in [0.2, 0.25) is 0 Å². The highest BCUT2D eigenvalue weighted by atomic mass is 31.2. The Hall–Kier alpha value is -2.34. The molecule has 1 heterocycles. The zero-order valence-electron chi connectivity index (χ0n) is 20.0. The Morgan fingerprint density at radius 2 is 1.85 bits per heavy atom. The van der Waals surface area contributed by atoms with Gasteiger partial charge in [0.1, 0.15) is 5.82 Å². The van der Waals surface area contributed by atoms with E-state index in [1.165, 1.54) is 25.1 Å². The third-order valence-corrected chi connectivity index (χ3v) is 7.36. The lowest BCUT2D eigenvalue weighted by atomic mass is 9.86. The van der Waals surface area contributed by atoms with Crippen molar-refractivity contribution in [3.8, 4) is 11.1 Å². The van der Waals surface area contributed by atoms with E-state index in [9.17, 15) is 18.9 Å². The van der Waals surface area contributed by atoms with E-state index in [2.05, 4.69) is 20.8 Å². The zero-order valence-corrected chi connectivity index (χ0v) is 20.9. The SMILES string of the molecule is COP(=O)(C=Cc1c(-c2ccc(F)cc2)cc(C(C)(C)C)nc1C(C)C)C[C@@H](O)CC(=O)O. The first-order valence-corrected chi connectivity index (χ1v) is 12.7. The summed E-state index contributed by atoms with van der Waals surface area (Å²) in [4.78, 5) is 15.8. The van der Waals surface area contributed by atoms with E-state index in [0.29, 0.717) is 0 Å². The van der Waals surface area contributed by atoms with Crippen LogP contribution in [-0.2, 0) is 19.3 Å². The summed E-state index contributed by atoms with van der Waals surface area (Å²) in [6.07, 6.45) is -0.491. The fraction of sp³-hybridized carbons (Fsp3) is 0.440. The molecule has 2 rings (SSSR count). The molecule has 2 aromatic rings. The number of rotatable bonds is 9. The smallest absolute Gasteiger partial charge is 0.305 e. The van der Waals surface area contributed by atoms with Crippen molar-refractivity contribution in [1.29, 1.82) is 0 Å². The van der Waals surface area contributed by atoms with Gasteiger partial charge in [-0.25, -0.2) is 4.39 Å². The lowest BCUT2D eigenvalue weighted by Crippen LogP contribution is -2.17. The van der Waals surface area contributed by atoms with Crippen LogP contribution < -0.4 is 0 Å². The predicted molar refractivity (Wildman–Crippen MR) is 129 cm³/mol. The van der Waals surface area contributed by atoms with Crippen molar-refractivity contribution < 1.29 is 28.5 Å². The Morgan fingerprint density at radius 1 is 1.24 bits per heavy atom. The Morgan fingerprint density at radius 3 is 2.33 bits per heavy atom. The Balaban J connectivity index is 2.67. The zero-order chi connectivity index (χ0) is 25.0. The summed E-state index contributed by atoms with van der Waals surface area (Å²) in [5, 5.41) is 18.9. The monoisotopic (exact) mass is 477 g/mol. The van der Waals surface area contributed by atoms with E-state index >= 15 is 0 Å². The van der Waals surface area contributed by atoms with Gasteiger partial charge in [0.05, 0.1) is 24.4 Å². The number of hydrogen-bond acceptors (Lipinski definition) is 5. The number of carboxylic acids is 1. The van der Waals surface area contributed by atoms with Gasteiger partial charge in [0.25, 0.3) is 0 Å². The summed E-state index contributed by atoms with van der Waals surface area (Å²) in [7, 11) is -2.21. The highest BCUT2D eigenvalue weighted by molar-refractivity contribution is 7.62. The molecule has 1 aromatic carbocycles. The van der Waals surface area contributed by atoms with E-state index in [1.807, 2.05) is 19.9 Å². The van der Waals surface area contributed by atoms with Crippen LogP contribution in [0.15, 0.2) is 36.1 Å². The topological polar surface area (TPSA) is 96.7 Å². The Labute approximate surface area is 195 Å². The van der Waals surface area contributed by atoms with Gasteiger partial charge in [-0.15, -0.1) is 0 Å². The van der Waals surface area contributed by atoms with Crippen molar-refractivity contribution in [2.75, 3.05) is 13.3 Å². The number of nitrogens with zero attached hydrogens (tertiary/aromatic N) is 1. The molecule has 2 atom stereocenters. The second-order valence-corrected chi connectivity index (χ2v) is 11.9. The molecule has 0 radical (unpaired) electrons. The summed E-state index contributed by atoms with van der Waals surface area (Å²) < 4.78 is 32.0. The van der Waals surface area contributed by atoms with Crippen LogP contribution in [0.3, 0.4) is 0 Å². The van der Waals surface area contributed by atoms with Gasteiger partial charge in [-0.3, -0.25) is 14.3 Å². The molecule has 1 aromatic heterocycles. The number of aliphatic hydroxyl groups is 1. The van der Waals surface area contributed by atoms with Crippen LogP contribution >= 0.6 is 7.37 Å². The summed E-state index contributed by atoms with van der Waals surface area (Å²) in [6.45, 7) is 10.2. The number of aromatic nitrogens is 1. The standard InChI is InChI=1S/C25H33FNO5P/c1-16(2)24-20(11-12-33(31,32-6)15-19(28)13-23(29)30)21(14-22(27-24)25(3,4)5)17-7-9-18(26)10-8-17/h7-12,14,16,19,28H,13,15H2,1-6H3,(H,29,30)/t19-,33?/m0/s1. The summed E-state index contributed by atoms with van der Waals surface area (Å²) in [6, 6.07) is 8.10. The predicted octanol–water partition coefficient (Wildman–Crippen LogP) is 6.04. The molecule has 2 N–H and O–H groups in total. The molecule has 0 aliphatic rings. The van der Waals surface area contributed by atoms with E-state index in [1.54, 1.807) is 18.2 Å². The van der Waals surface area contributed by atoms with E-state index in [-0.39, 0.29) is 23.3 Å². The third kappa shape index (κ3) is 7.32. The molecule has 0 saturated heterocycles. The van der Waals surface area contributed by atoms with E-state index in [0.717, 1.165) is 28.1 Å². The van der Waals surface area contributed by atoms with Gasteiger partial charge in [-0.05, 0) is 41.3 Å². The van der Waals surface area contributed by atoms with Crippen molar-refractivity contribution in [3.05, 3.63) is 58.9 Å². The van der Waals surface area contributed by atoms with Gasteiger partial charge >= 0.3 is 5.97 Å². The summed E-state index contributed by atoms with van der Waals surface area (Å²) in [5.41, 5.74) is 3.73. The molecule has 180 valence electrons. The van der Waals surface area contributed by atoms with Crippen molar-refractivity contribution >= 4 is 19.4 Å². The number of aliphatic carboxylic acids is 1. The number of aliphatic hydroxyl groups excluding tert-OH is 1. The first kappa shape index (κ1) is 26.9. The lowest BCUT2D eigenvalue weighted by molar-refractivity contribution is -0.138. The summed E-state index contributed by atoms with van der Waals surface area (Å²) in [5.74, 6) is -0.103. The van der Waals surface area contributed by atoms with Crippen molar-refractivity contribution in [2.45, 2.75) is 58.5 Å². The quantitative estimate of drug-likeness (QED) is 0.428. The molecule has 8 heteroatoms. The fourth-order valence-corrected chi connectivity index (χ4v) is 4.87. The number of benzene rings is 1. The van der Waals surface area contributed by atoms with Crippen LogP contribution in [0.25, 0.3) is 17.2 Å². The third-order valence-electron chi connectivity index (χ3n) is 5.21. The van der Waals surface area contributed by atoms with Gasteiger partial charge in [0.15, 0.2) is 0 Å². The Kier molecular flexibility index (Phi) is 8.75. The largest absolute Gasteiger partial charge is 0.481 e. The van der Waals surface area contributed by atoms with E-state index < -0.39 is 25.9 Å². The maximum atomic E-state index is 13.6. The molecule has 0 spiro atoms. The lowest BCUT2D eigenvalue weighted by Gasteiger charge is -2.24. The van der Waals surface area contributed by atoms with Gasteiger partial charge < -0.3 is 14.7 Å². The van der Waals surface area contributed by atoms with Gasteiger partial charge in [0.2, 0.25) is 7.37 Å². The average molecular weight is 478 g/mol. The van der Waals surface area contributed by atoms with Crippen molar-refractivity contribution in [2.24, 2.45) is 0 Å². The number of halogens is 1. The first-order valence-electron chi connectivity index (χ1n) is 10.8. The molecule has 0 aliphatic carbocycles. The highest BCUT2D eigenvalue weighted by Gasteiger charge is 2.26. The van der Waals surface area contributed by atoms with Crippen LogP contribution in [0.1, 0.15) is 63.9 Å². The van der Waals surface area contributed by atoms with Crippen molar-refractivity contribution in [3.63, 3.8) is 0 Å². The molecule has 33 heavy (non-hydrogen) atoms. The second kappa shape index (κ2) is 10.7. The minimum Gasteiger partial charge on any atom is -0.481 e. The highest BCUT2D eigenvalue weighted by Crippen LogP contribution is 2.49. The summed E-state index contributed by atoms with van der Waals surface area (Å²) >= 11 is 0. The fourth-order valence-electron chi connectivity index (χ4n) is 3.39. The maximum absolute atomic E-state index is 13.6. The molecule has 0 saturated carbocycles. The number of carboxylic acid groups (broad SMARTS) is 1. The second-order valence-electron chi connectivity index (χ2n) is 9.42. The molecule has 0 fully saturated rings. The molecular formula is C25H33FNO5P. The van der Waals surface area contributed by atoms with Crippen molar-refractivity contribution in [1.82, 2.24) is 4.98 Å². The molecule has 6 nitrogen and oxygen atoms in total. The molecule has 0 bridgehead atoms. The number of pyridine rings is 1. The van der Waals surface area contributed by atoms with Gasteiger partial charge in [-0.2, -0.15) is 0 Å². The molecular weight excluding hydrogens is 444 g/mol. The maximum Gasteiger partial charge on any atom is 0.305 e. The molecule has 0 amide bonds. The minimum absolute atomic E-state index is 0.0330. The van der Waals surface area contributed by atoms with Crippen LogP contribution in [0.4, 0.5) is 4.39 Å². The molecule has 0 aliphatic heterocycles. The average Bonchev–Trinajstić information content (AvgIpc) is 2.70. The van der Waals surface area contributed by atoms with Gasteiger partial charge in [-0.1, -0.05) is 46.8 Å². The molecule has 1 unspecified atom stereocenters. The van der Waals surface area contributed by atoms with Crippen LogP contribution in [0.5, 0.6) is 0 Å². The number of hydrogen-bond donors (Lipinski definition) is 2. The normalized spacial score (nSPS) is 15.1.